The topological polar surface area (TPSA) is 54.0 Å². The van der Waals surface area contributed by atoms with Gasteiger partial charge in [-0.05, 0) is 41.4 Å². The fourth-order valence-electron chi connectivity index (χ4n) is 1.49. The minimum absolute atomic E-state index is 0.0392. The number of aromatic nitrogens is 1. The number of carbonyl (C=O) groups excluding carboxylic acids is 1. The van der Waals surface area contributed by atoms with E-state index in [1.165, 1.54) is 0 Å². The first-order valence-corrected chi connectivity index (χ1v) is 6.27. The number of hydrogen-bond donors (Lipinski definition) is 2. The van der Waals surface area contributed by atoms with E-state index in [1.807, 2.05) is 26.1 Å². The van der Waals surface area contributed by atoms with Crippen molar-refractivity contribution < 1.29 is 4.79 Å². The Bertz CT molecular complexity index is 393. The summed E-state index contributed by atoms with van der Waals surface area (Å²) < 4.78 is 0.961. The molecule has 2 N–H and O–H groups in total. The predicted molar refractivity (Wildman–Crippen MR) is 71.5 cm³/mol. The van der Waals surface area contributed by atoms with Crippen LogP contribution in [0.15, 0.2) is 22.9 Å². The van der Waals surface area contributed by atoms with Crippen LogP contribution in [0.2, 0.25) is 0 Å². The maximum atomic E-state index is 11.6. The summed E-state index contributed by atoms with van der Waals surface area (Å²) in [5, 5.41) is 5.93. The van der Waals surface area contributed by atoms with Gasteiger partial charge >= 0.3 is 0 Å². The fourth-order valence-corrected chi connectivity index (χ4v) is 1.90. The van der Waals surface area contributed by atoms with Gasteiger partial charge in [-0.3, -0.25) is 9.78 Å². The maximum absolute atomic E-state index is 11.6. The van der Waals surface area contributed by atoms with Crippen molar-refractivity contribution in [2.75, 3.05) is 13.6 Å². The van der Waals surface area contributed by atoms with Crippen LogP contribution in [-0.4, -0.2) is 24.5 Å². The van der Waals surface area contributed by atoms with E-state index in [4.69, 9.17) is 0 Å². The molecule has 0 aliphatic rings. The Balaban J connectivity index is 2.45. The Hall–Kier alpha value is -0.940. The molecule has 0 radical (unpaired) electrons. The van der Waals surface area contributed by atoms with E-state index in [1.54, 1.807) is 13.2 Å². The van der Waals surface area contributed by atoms with Crippen LogP contribution >= 0.6 is 15.9 Å². The number of pyridine rings is 1. The Morgan fingerprint density at radius 1 is 1.47 bits per heavy atom. The van der Waals surface area contributed by atoms with Crippen LogP contribution in [0.4, 0.5) is 0 Å². The molecule has 0 atom stereocenters. The summed E-state index contributed by atoms with van der Waals surface area (Å²) in [5.74, 6) is 0.0392. The summed E-state index contributed by atoms with van der Waals surface area (Å²) in [4.78, 5) is 15.6. The first-order valence-electron chi connectivity index (χ1n) is 5.48. The number of nitrogens with zero attached hydrogens (tertiary/aromatic N) is 1. The molecule has 0 aliphatic carbocycles. The van der Waals surface area contributed by atoms with Gasteiger partial charge < -0.3 is 10.6 Å². The quantitative estimate of drug-likeness (QED) is 0.870. The molecule has 0 bridgehead atoms. The Labute approximate surface area is 110 Å². The number of amides is 1. The van der Waals surface area contributed by atoms with Crippen molar-refractivity contribution in [3.05, 3.63) is 28.5 Å². The van der Waals surface area contributed by atoms with Crippen molar-refractivity contribution in [1.29, 1.82) is 0 Å². The van der Waals surface area contributed by atoms with Gasteiger partial charge in [-0.2, -0.15) is 0 Å². The minimum atomic E-state index is -0.409. The summed E-state index contributed by atoms with van der Waals surface area (Å²) >= 11 is 3.37. The Morgan fingerprint density at radius 3 is 2.76 bits per heavy atom. The second kappa shape index (κ2) is 6.12. The molecule has 1 heterocycles. The van der Waals surface area contributed by atoms with Crippen LogP contribution in [-0.2, 0) is 11.3 Å². The lowest BCUT2D eigenvalue weighted by Gasteiger charge is -2.22. The number of hydrogen-bond acceptors (Lipinski definition) is 3. The van der Waals surface area contributed by atoms with Crippen LogP contribution in [0, 0.1) is 5.41 Å². The summed E-state index contributed by atoms with van der Waals surface area (Å²) in [6.07, 6.45) is 3.56. The summed E-state index contributed by atoms with van der Waals surface area (Å²) in [5.41, 5.74) is 0.681. The van der Waals surface area contributed by atoms with Gasteiger partial charge in [0, 0.05) is 37.0 Å². The molecule has 0 saturated heterocycles. The standard InChI is InChI=1S/C12H18BrN3O/c1-12(2,11(17)14-3)8-16-6-9-4-10(13)7-15-5-9/h4-5,7,16H,6,8H2,1-3H3,(H,14,17). The lowest BCUT2D eigenvalue weighted by Crippen LogP contribution is -2.41. The molecule has 0 aromatic carbocycles. The van der Waals surface area contributed by atoms with Gasteiger partial charge in [-0.15, -0.1) is 0 Å². The molecule has 0 fully saturated rings. The first kappa shape index (κ1) is 14.1. The molecular weight excluding hydrogens is 282 g/mol. The SMILES string of the molecule is CNC(=O)C(C)(C)CNCc1cncc(Br)c1. The van der Waals surface area contributed by atoms with E-state index in [-0.39, 0.29) is 5.91 Å². The van der Waals surface area contributed by atoms with E-state index in [9.17, 15) is 4.79 Å². The minimum Gasteiger partial charge on any atom is -0.359 e. The molecule has 4 nitrogen and oxygen atoms in total. The van der Waals surface area contributed by atoms with Crippen LogP contribution in [0.1, 0.15) is 19.4 Å². The third kappa shape index (κ3) is 4.44. The van der Waals surface area contributed by atoms with Gasteiger partial charge in [0.2, 0.25) is 5.91 Å². The molecule has 17 heavy (non-hydrogen) atoms. The van der Waals surface area contributed by atoms with Gasteiger partial charge in [-0.1, -0.05) is 0 Å². The predicted octanol–water partition coefficient (Wildman–Crippen LogP) is 1.71. The molecule has 1 aromatic rings. The zero-order chi connectivity index (χ0) is 12.9. The van der Waals surface area contributed by atoms with Gasteiger partial charge in [0.05, 0.1) is 5.41 Å². The third-order valence-electron chi connectivity index (χ3n) is 2.50. The van der Waals surface area contributed by atoms with E-state index >= 15 is 0 Å². The molecule has 1 amide bonds. The molecule has 5 heteroatoms. The highest BCUT2D eigenvalue weighted by atomic mass is 79.9. The molecule has 94 valence electrons. The number of halogens is 1. The highest BCUT2D eigenvalue weighted by Gasteiger charge is 2.25. The van der Waals surface area contributed by atoms with Crippen molar-refractivity contribution in [2.24, 2.45) is 5.41 Å². The lowest BCUT2D eigenvalue weighted by molar-refractivity contribution is -0.128. The number of carbonyl (C=O) groups is 1. The van der Waals surface area contributed by atoms with Crippen LogP contribution in [0.3, 0.4) is 0 Å². The van der Waals surface area contributed by atoms with E-state index in [2.05, 4.69) is 31.5 Å². The highest BCUT2D eigenvalue weighted by Crippen LogP contribution is 2.14. The Kier molecular flexibility index (Phi) is 5.08. The highest BCUT2D eigenvalue weighted by molar-refractivity contribution is 9.10. The average molecular weight is 300 g/mol. The second-order valence-electron chi connectivity index (χ2n) is 4.58. The van der Waals surface area contributed by atoms with Crippen molar-refractivity contribution in [3.8, 4) is 0 Å². The van der Waals surface area contributed by atoms with E-state index in [0.29, 0.717) is 13.1 Å². The van der Waals surface area contributed by atoms with Crippen LogP contribution in [0.25, 0.3) is 0 Å². The zero-order valence-corrected chi connectivity index (χ0v) is 12.0. The second-order valence-corrected chi connectivity index (χ2v) is 5.49. The molecule has 0 spiro atoms. The maximum Gasteiger partial charge on any atom is 0.226 e. The summed E-state index contributed by atoms with van der Waals surface area (Å²) in [7, 11) is 1.66. The van der Waals surface area contributed by atoms with E-state index < -0.39 is 5.41 Å². The fraction of sp³-hybridized carbons (Fsp3) is 0.500. The summed E-state index contributed by atoms with van der Waals surface area (Å²) in [6.45, 7) is 5.15. The molecule has 0 saturated carbocycles. The van der Waals surface area contributed by atoms with Gasteiger partial charge in [0.1, 0.15) is 0 Å². The Morgan fingerprint density at radius 2 is 2.18 bits per heavy atom. The van der Waals surface area contributed by atoms with Gasteiger partial charge in [0.25, 0.3) is 0 Å². The van der Waals surface area contributed by atoms with Crippen molar-refractivity contribution in [1.82, 2.24) is 15.6 Å². The van der Waals surface area contributed by atoms with Gasteiger partial charge in [0.15, 0.2) is 0 Å². The average Bonchev–Trinajstić information content (AvgIpc) is 2.27. The molecule has 1 aromatic heterocycles. The largest absolute Gasteiger partial charge is 0.359 e. The monoisotopic (exact) mass is 299 g/mol. The first-order chi connectivity index (χ1) is 7.95. The van der Waals surface area contributed by atoms with Crippen LogP contribution in [0.5, 0.6) is 0 Å². The number of rotatable bonds is 5. The third-order valence-corrected chi connectivity index (χ3v) is 2.93. The summed E-state index contributed by atoms with van der Waals surface area (Å²) in [6, 6.07) is 2.01. The van der Waals surface area contributed by atoms with E-state index in [0.717, 1.165) is 10.0 Å². The lowest BCUT2D eigenvalue weighted by atomic mass is 9.92. The molecule has 1 rings (SSSR count). The smallest absolute Gasteiger partial charge is 0.226 e. The molecule has 0 unspecified atom stereocenters. The van der Waals surface area contributed by atoms with Crippen LogP contribution < -0.4 is 10.6 Å². The zero-order valence-electron chi connectivity index (χ0n) is 10.4. The van der Waals surface area contributed by atoms with Gasteiger partial charge in [-0.25, -0.2) is 0 Å². The van der Waals surface area contributed by atoms with Crippen molar-refractivity contribution >= 4 is 21.8 Å². The van der Waals surface area contributed by atoms with Crippen molar-refractivity contribution in [2.45, 2.75) is 20.4 Å². The van der Waals surface area contributed by atoms with Crippen molar-refractivity contribution in [3.63, 3.8) is 0 Å². The normalized spacial score (nSPS) is 11.3. The molecule has 0 aliphatic heterocycles. The molecular formula is C12H18BrN3O. The number of nitrogens with one attached hydrogen (secondary N) is 2.